The monoisotopic (exact) mass is 385 g/mol. The van der Waals surface area contributed by atoms with Gasteiger partial charge >= 0.3 is 6.03 Å². The minimum Gasteiger partial charge on any atom is -0.494 e. The molecule has 0 aliphatic carbocycles. The highest BCUT2D eigenvalue weighted by Gasteiger charge is 2.30. The Balaban J connectivity index is 1.49. The Labute approximate surface area is 161 Å². The number of hydrogen-bond donors (Lipinski definition) is 4. The number of nitrogens with one attached hydrogen (secondary N) is 3. The molecule has 28 heavy (non-hydrogen) atoms. The highest BCUT2D eigenvalue weighted by atomic mass is 16.3. The summed E-state index contributed by atoms with van der Waals surface area (Å²) >= 11 is 0. The van der Waals surface area contributed by atoms with Crippen molar-refractivity contribution in [3.8, 4) is 5.88 Å². The Morgan fingerprint density at radius 1 is 1.25 bits per heavy atom. The fraction of sp³-hybridized carbons (Fsp3) is 0.421. The SMILES string of the molecule is O=C1CCC(n2cc3cc(CNC(=O)N4CCNCC4)ccc3c2O)C(=O)N1. The quantitative estimate of drug-likeness (QED) is 0.572. The van der Waals surface area contributed by atoms with Crippen LogP contribution in [0.4, 0.5) is 4.79 Å². The topological polar surface area (TPSA) is 116 Å². The first-order valence-electron chi connectivity index (χ1n) is 9.42. The van der Waals surface area contributed by atoms with E-state index in [4.69, 9.17) is 0 Å². The minimum atomic E-state index is -0.610. The molecule has 0 radical (unpaired) electrons. The van der Waals surface area contributed by atoms with Crippen molar-refractivity contribution < 1.29 is 19.5 Å². The predicted molar refractivity (Wildman–Crippen MR) is 102 cm³/mol. The zero-order chi connectivity index (χ0) is 19.7. The maximum Gasteiger partial charge on any atom is 0.317 e. The lowest BCUT2D eigenvalue weighted by atomic mass is 10.1. The Hall–Kier alpha value is -3.07. The number of fused-ring (bicyclic) bond motifs is 1. The third kappa shape index (κ3) is 3.53. The van der Waals surface area contributed by atoms with Crippen molar-refractivity contribution in [2.24, 2.45) is 0 Å². The number of rotatable bonds is 3. The molecule has 9 nitrogen and oxygen atoms in total. The standard InChI is InChI=1S/C19H23N5O4/c25-16-4-3-15(17(26)22-16)24-11-13-9-12(1-2-14(13)18(24)27)10-21-19(28)23-7-5-20-6-8-23/h1-2,9,11,15,20,27H,3-8,10H2,(H,21,28)(H,22,25,26). The number of nitrogens with zero attached hydrogens (tertiary/aromatic N) is 2. The molecule has 0 spiro atoms. The van der Waals surface area contributed by atoms with E-state index in [0.29, 0.717) is 31.4 Å². The molecule has 148 valence electrons. The van der Waals surface area contributed by atoms with Crippen LogP contribution in [-0.4, -0.2) is 58.6 Å². The van der Waals surface area contributed by atoms with Gasteiger partial charge < -0.3 is 25.2 Å². The molecule has 0 saturated carbocycles. The van der Waals surface area contributed by atoms with Crippen molar-refractivity contribution in [2.45, 2.75) is 25.4 Å². The van der Waals surface area contributed by atoms with E-state index in [-0.39, 0.29) is 24.2 Å². The number of carbonyl (C=O) groups excluding carboxylic acids is 3. The molecule has 1 atom stereocenters. The molecule has 3 heterocycles. The maximum atomic E-state index is 12.2. The molecule has 2 saturated heterocycles. The summed E-state index contributed by atoms with van der Waals surface area (Å²) < 4.78 is 1.51. The summed E-state index contributed by atoms with van der Waals surface area (Å²) in [4.78, 5) is 37.5. The van der Waals surface area contributed by atoms with E-state index in [1.165, 1.54) is 4.57 Å². The van der Waals surface area contributed by atoms with E-state index < -0.39 is 11.9 Å². The van der Waals surface area contributed by atoms with Crippen molar-refractivity contribution in [1.29, 1.82) is 0 Å². The second-order valence-electron chi connectivity index (χ2n) is 7.14. The lowest BCUT2D eigenvalue weighted by molar-refractivity contribution is -0.135. The smallest absolute Gasteiger partial charge is 0.317 e. The van der Waals surface area contributed by atoms with Crippen LogP contribution in [0.5, 0.6) is 5.88 Å². The second-order valence-corrected chi connectivity index (χ2v) is 7.14. The molecule has 1 unspecified atom stereocenters. The van der Waals surface area contributed by atoms with Crippen LogP contribution < -0.4 is 16.0 Å². The molecule has 1 aromatic carbocycles. The van der Waals surface area contributed by atoms with E-state index in [2.05, 4.69) is 16.0 Å². The summed E-state index contributed by atoms with van der Waals surface area (Å²) in [5.74, 6) is -0.698. The normalized spacial score (nSPS) is 20.3. The fourth-order valence-electron chi connectivity index (χ4n) is 3.73. The van der Waals surface area contributed by atoms with E-state index in [0.717, 1.165) is 24.0 Å². The van der Waals surface area contributed by atoms with Gasteiger partial charge in [-0.3, -0.25) is 14.9 Å². The molecule has 4 amide bonds. The number of amides is 4. The Bertz CT molecular complexity index is 932. The summed E-state index contributed by atoms with van der Waals surface area (Å²) in [6.07, 6.45) is 2.31. The van der Waals surface area contributed by atoms with Gasteiger partial charge in [0.2, 0.25) is 11.8 Å². The summed E-state index contributed by atoms with van der Waals surface area (Å²) in [5.41, 5.74) is 0.899. The Morgan fingerprint density at radius 2 is 2.04 bits per heavy atom. The second kappa shape index (κ2) is 7.51. The molecular formula is C19H23N5O4. The Kier molecular flexibility index (Phi) is 4.91. The van der Waals surface area contributed by atoms with Crippen LogP contribution in [0.2, 0.25) is 0 Å². The summed E-state index contributed by atoms with van der Waals surface area (Å²) in [7, 11) is 0. The lowest BCUT2D eigenvalue weighted by Gasteiger charge is -2.27. The fourth-order valence-corrected chi connectivity index (χ4v) is 3.73. The molecule has 4 rings (SSSR count). The van der Waals surface area contributed by atoms with Crippen molar-refractivity contribution in [3.63, 3.8) is 0 Å². The molecule has 1 aromatic heterocycles. The molecule has 2 aliphatic rings. The number of aromatic hydroxyl groups is 1. The van der Waals surface area contributed by atoms with Gasteiger partial charge in [-0.2, -0.15) is 0 Å². The van der Waals surface area contributed by atoms with Crippen LogP contribution in [0, 0.1) is 0 Å². The number of carbonyl (C=O) groups is 3. The average Bonchev–Trinajstić information content (AvgIpc) is 3.02. The third-order valence-electron chi connectivity index (χ3n) is 5.27. The molecule has 0 bridgehead atoms. The largest absolute Gasteiger partial charge is 0.494 e. The number of imide groups is 1. The van der Waals surface area contributed by atoms with Gasteiger partial charge in [-0.15, -0.1) is 0 Å². The van der Waals surface area contributed by atoms with Crippen LogP contribution in [-0.2, 0) is 16.1 Å². The van der Waals surface area contributed by atoms with Gasteiger partial charge in [0.1, 0.15) is 6.04 Å². The van der Waals surface area contributed by atoms with E-state index >= 15 is 0 Å². The average molecular weight is 385 g/mol. The zero-order valence-electron chi connectivity index (χ0n) is 15.4. The van der Waals surface area contributed by atoms with Crippen molar-refractivity contribution in [3.05, 3.63) is 30.0 Å². The molecule has 4 N–H and O–H groups in total. The van der Waals surface area contributed by atoms with Crippen LogP contribution in [0.15, 0.2) is 24.4 Å². The molecule has 2 aromatic rings. The lowest BCUT2D eigenvalue weighted by Crippen LogP contribution is -2.50. The summed E-state index contributed by atoms with van der Waals surface area (Å²) in [6, 6.07) is 4.80. The van der Waals surface area contributed by atoms with Gasteiger partial charge in [0.05, 0.1) is 0 Å². The van der Waals surface area contributed by atoms with Gasteiger partial charge in [-0.1, -0.05) is 6.07 Å². The maximum absolute atomic E-state index is 12.2. The van der Waals surface area contributed by atoms with Crippen molar-refractivity contribution in [1.82, 2.24) is 25.4 Å². The Morgan fingerprint density at radius 3 is 2.79 bits per heavy atom. The van der Waals surface area contributed by atoms with Gasteiger partial charge in [-0.25, -0.2) is 4.79 Å². The minimum absolute atomic E-state index is 0.000835. The van der Waals surface area contributed by atoms with E-state index in [1.54, 1.807) is 17.2 Å². The van der Waals surface area contributed by atoms with Crippen molar-refractivity contribution in [2.75, 3.05) is 26.2 Å². The van der Waals surface area contributed by atoms with E-state index in [9.17, 15) is 19.5 Å². The highest BCUT2D eigenvalue weighted by molar-refractivity contribution is 6.00. The molecule has 2 aliphatic heterocycles. The third-order valence-corrected chi connectivity index (χ3v) is 5.27. The van der Waals surface area contributed by atoms with Crippen LogP contribution >= 0.6 is 0 Å². The first-order chi connectivity index (χ1) is 13.5. The first kappa shape index (κ1) is 18.3. The number of piperazine rings is 1. The van der Waals surface area contributed by atoms with Crippen LogP contribution in [0.3, 0.4) is 0 Å². The summed E-state index contributed by atoms with van der Waals surface area (Å²) in [6.45, 7) is 3.35. The number of hydrogen-bond acceptors (Lipinski definition) is 5. The van der Waals surface area contributed by atoms with Gasteiger partial charge in [0.25, 0.3) is 0 Å². The molecule has 2 fully saturated rings. The number of aromatic nitrogens is 1. The number of benzene rings is 1. The first-order valence-corrected chi connectivity index (χ1v) is 9.42. The van der Waals surface area contributed by atoms with Crippen LogP contribution in [0.25, 0.3) is 10.8 Å². The van der Waals surface area contributed by atoms with Gasteiger partial charge in [-0.05, 0) is 24.1 Å². The predicted octanol–water partition coefficient (Wildman–Crippen LogP) is 0.439. The van der Waals surface area contributed by atoms with Gasteiger partial charge in [0, 0.05) is 56.1 Å². The molecular weight excluding hydrogens is 362 g/mol. The number of piperidine rings is 1. The van der Waals surface area contributed by atoms with Crippen molar-refractivity contribution >= 4 is 28.6 Å². The summed E-state index contributed by atoms with van der Waals surface area (Å²) in [5, 5.41) is 20.4. The highest BCUT2D eigenvalue weighted by Crippen LogP contribution is 2.33. The number of urea groups is 1. The molecule has 9 heteroatoms. The van der Waals surface area contributed by atoms with Gasteiger partial charge in [0.15, 0.2) is 5.88 Å². The van der Waals surface area contributed by atoms with Crippen LogP contribution in [0.1, 0.15) is 24.4 Å². The van der Waals surface area contributed by atoms with E-state index in [1.807, 2.05) is 12.1 Å². The zero-order valence-corrected chi connectivity index (χ0v) is 15.4.